The van der Waals surface area contributed by atoms with E-state index in [9.17, 15) is 0 Å². The third kappa shape index (κ3) is 3.85. The Morgan fingerprint density at radius 3 is 2.55 bits per heavy atom. The van der Waals surface area contributed by atoms with Crippen LogP contribution in [0.1, 0.15) is 24.9 Å². The van der Waals surface area contributed by atoms with E-state index in [-0.39, 0.29) is 12.3 Å². The quantitative estimate of drug-likeness (QED) is 0.809. The molecule has 1 heterocycles. The Labute approximate surface area is 120 Å². The highest BCUT2D eigenvalue weighted by molar-refractivity contribution is 5.44. The van der Waals surface area contributed by atoms with Crippen LogP contribution < -0.4 is 14.8 Å². The Kier molecular flexibility index (Phi) is 5.64. The van der Waals surface area contributed by atoms with Crippen molar-refractivity contribution in [1.82, 2.24) is 5.32 Å². The van der Waals surface area contributed by atoms with Crippen molar-refractivity contribution in [3.05, 3.63) is 23.8 Å². The number of hydrogen-bond donors (Lipinski definition) is 1. The van der Waals surface area contributed by atoms with Crippen LogP contribution in [0.2, 0.25) is 0 Å². The van der Waals surface area contributed by atoms with E-state index in [4.69, 9.17) is 18.9 Å². The average Bonchev–Trinajstić information content (AvgIpc) is 2.72. The summed E-state index contributed by atoms with van der Waals surface area (Å²) in [5.41, 5.74) is 1.15. The monoisotopic (exact) mass is 281 g/mol. The molecule has 5 nitrogen and oxygen atoms in total. The first-order chi connectivity index (χ1) is 9.74. The Morgan fingerprint density at radius 1 is 1.15 bits per heavy atom. The van der Waals surface area contributed by atoms with Gasteiger partial charge in [-0.15, -0.1) is 0 Å². The van der Waals surface area contributed by atoms with Crippen LogP contribution in [0.4, 0.5) is 0 Å². The topological polar surface area (TPSA) is 49.0 Å². The Morgan fingerprint density at radius 2 is 1.85 bits per heavy atom. The van der Waals surface area contributed by atoms with Crippen LogP contribution in [0.5, 0.6) is 11.5 Å². The van der Waals surface area contributed by atoms with Crippen LogP contribution in [0.3, 0.4) is 0 Å². The average molecular weight is 281 g/mol. The summed E-state index contributed by atoms with van der Waals surface area (Å²) in [6.07, 6.45) is 0.680. The number of hydrogen-bond acceptors (Lipinski definition) is 5. The van der Waals surface area contributed by atoms with Gasteiger partial charge in [0.05, 0.1) is 13.2 Å². The fraction of sp³-hybridized carbons (Fsp3) is 0.600. The minimum atomic E-state index is -0.238. The standard InChI is InChI=1S/C15H23NO4/c1-11(16-10-15(17-2)18-3)12-5-6-13-14(9-12)20-8-4-7-19-13/h5-6,9,11,15-16H,4,7-8,10H2,1-3H3. The second-order valence-electron chi connectivity index (χ2n) is 4.79. The molecule has 1 aromatic carbocycles. The zero-order chi connectivity index (χ0) is 14.4. The summed E-state index contributed by atoms with van der Waals surface area (Å²) in [5, 5.41) is 3.38. The Balaban J connectivity index is 1.99. The third-order valence-corrected chi connectivity index (χ3v) is 3.39. The van der Waals surface area contributed by atoms with Crippen molar-refractivity contribution in [2.24, 2.45) is 0 Å². The molecule has 1 N–H and O–H groups in total. The minimum absolute atomic E-state index is 0.181. The molecule has 0 aromatic heterocycles. The SMILES string of the molecule is COC(CNC(C)c1ccc2c(c1)OCCCO2)OC. The van der Waals surface area contributed by atoms with E-state index in [1.807, 2.05) is 12.1 Å². The van der Waals surface area contributed by atoms with Gasteiger partial charge in [-0.2, -0.15) is 0 Å². The van der Waals surface area contributed by atoms with E-state index in [2.05, 4.69) is 18.3 Å². The van der Waals surface area contributed by atoms with Crippen LogP contribution in [-0.4, -0.2) is 40.3 Å². The molecule has 1 atom stereocenters. The molecule has 0 aliphatic carbocycles. The van der Waals surface area contributed by atoms with E-state index < -0.39 is 0 Å². The van der Waals surface area contributed by atoms with E-state index >= 15 is 0 Å². The Hall–Kier alpha value is -1.30. The maximum Gasteiger partial charge on any atom is 0.169 e. The number of benzene rings is 1. The van der Waals surface area contributed by atoms with Crippen LogP contribution in [-0.2, 0) is 9.47 Å². The normalized spacial score (nSPS) is 16.0. The number of nitrogens with one attached hydrogen (secondary N) is 1. The lowest BCUT2D eigenvalue weighted by Crippen LogP contribution is -2.31. The van der Waals surface area contributed by atoms with Gasteiger partial charge < -0.3 is 24.3 Å². The van der Waals surface area contributed by atoms with Crippen LogP contribution in [0.25, 0.3) is 0 Å². The van der Waals surface area contributed by atoms with Gasteiger partial charge in [0, 0.05) is 33.2 Å². The van der Waals surface area contributed by atoms with E-state index in [0.717, 1.165) is 23.5 Å². The molecular weight excluding hydrogens is 258 g/mol. The van der Waals surface area contributed by atoms with Crippen LogP contribution in [0.15, 0.2) is 18.2 Å². The van der Waals surface area contributed by atoms with E-state index in [1.165, 1.54) is 0 Å². The summed E-state index contributed by atoms with van der Waals surface area (Å²) in [4.78, 5) is 0. The molecule has 1 aliphatic heterocycles. The van der Waals surface area contributed by atoms with Crippen molar-refractivity contribution in [1.29, 1.82) is 0 Å². The summed E-state index contributed by atoms with van der Waals surface area (Å²) in [5.74, 6) is 1.65. The van der Waals surface area contributed by atoms with Gasteiger partial charge in [-0.05, 0) is 24.6 Å². The molecule has 2 rings (SSSR count). The van der Waals surface area contributed by atoms with Gasteiger partial charge in [-0.3, -0.25) is 0 Å². The first-order valence-corrected chi connectivity index (χ1v) is 6.93. The van der Waals surface area contributed by atoms with Crippen molar-refractivity contribution in [2.75, 3.05) is 34.0 Å². The maximum absolute atomic E-state index is 5.71. The first kappa shape index (κ1) is 15.1. The van der Waals surface area contributed by atoms with E-state index in [1.54, 1.807) is 14.2 Å². The first-order valence-electron chi connectivity index (χ1n) is 6.93. The number of methoxy groups -OCH3 is 2. The number of rotatable bonds is 6. The number of ether oxygens (including phenoxy) is 4. The third-order valence-electron chi connectivity index (χ3n) is 3.39. The van der Waals surface area contributed by atoms with Gasteiger partial charge in [-0.25, -0.2) is 0 Å². The summed E-state index contributed by atoms with van der Waals surface area (Å²) in [7, 11) is 3.27. The van der Waals surface area contributed by atoms with E-state index in [0.29, 0.717) is 19.8 Å². The zero-order valence-corrected chi connectivity index (χ0v) is 12.3. The highest BCUT2D eigenvalue weighted by atomic mass is 16.7. The molecular formula is C15H23NO4. The smallest absolute Gasteiger partial charge is 0.169 e. The van der Waals surface area contributed by atoms with Gasteiger partial charge >= 0.3 is 0 Å². The van der Waals surface area contributed by atoms with Gasteiger partial charge in [0.25, 0.3) is 0 Å². The zero-order valence-electron chi connectivity index (χ0n) is 12.3. The molecule has 1 unspecified atom stereocenters. The molecule has 20 heavy (non-hydrogen) atoms. The molecule has 0 fully saturated rings. The van der Waals surface area contributed by atoms with Gasteiger partial charge in [0.15, 0.2) is 17.8 Å². The predicted octanol–water partition coefficient (Wildman–Crippen LogP) is 2.12. The van der Waals surface area contributed by atoms with Gasteiger partial charge in [0.1, 0.15) is 0 Å². The van der Waals surface area contributed by atoms with Crippen molar-refractivity contribution >= 4 is 0 Å². The minimum Gasteiger partial charge on any atom is -0.490 e. The van der Waals surface area contributed by atoms with Crippen molar-refractivity contribution in [3.8, 4) is 11.5 Å². The summed E-state index contributed by atoms with van der Waals surface area (Å²) in [6, 6.07) is 6.24. The highest BCUT2D eigenvalue weighted by Crippen LogP contribution is 2.32. The Bertz CT molecular complexity index is 420. The lowest BCUT2D eigenvalue weighted by atomic mass is 10.1. The second kappa shape index (κ2) is 7.47. The second-order valence-corrected chi connectivity index (χ2v) is 4.79. The molecule has 0 radical (unpaired) electrons. The van der Waals surface area contributed by atoms with Gasteiger partial charge in [0.2, 0.25) is 0 Å². The molecule has 0 saturated carbocycles. The molecule has 112 valence electrons. The van der Waals surface area contributed by atoms with Crippen molar-refractivity contribution in [2.45, 2.75) is 25.7 Å². The fourth-order valence-electron chi connectivity index (χ4n) is 2.10. The van der Waals surface area contributed by atoms with Crippen molar-refractivity contribution in [3.63, 3.8) is 0 Å². The largest absolute Gasteiger partial charge is 0.490 e. The van der Waals surface area contributed by atoms with Crippen LogP contribution >= 0.6 is 0 Å². The molecule has 0 saturated heterocycles. The fourth-order valence-corrected chi connectivity index (χ4v) is 2.10. The maximum atomic E-state index is 5.71. The summed E-state index contributed by atoms with van der Waals surface area (Å²) in [6.45, 7) is 4.14. The lowest BCUT2D eigenvalue weighted by Gasteiger charge is -2.19. The number of fused-ring (bicyclic) bond motifs is 1. The van der Waals surface area contributed by atoms with Gasteiger partial charge in [-0.1, -0.05) is 6.07 Å². The highest BCUT2D eigenvalue weighted by Gasteiger charge is 2.14. The predicted molar refractivity (Wildman–Crippen MR) is 76.3 cm³/mol. The summed E-state index contributed by atoms with van der Waals surface area (Å²) >= 11 is 0. The summed E-state index contributed by atoms with van der Waals surface area (Å²) < 4.78 is 21.7. The molecule has 1 aromatic rings. The molecule has 5 heteroatoms. The van der Waals surface area contributed by atoms with Crippen molar-refractivity contribution < 1.29 is 18.9 Å². The molecule has 1 aliphatic rings. The van der Waals surface area contributed by atoms with Crippen LogP contribution in [0, 0.1) is 0 Å². The molecule has 0 bridgehead atoms. The lowest BCUT2D eigenvalue weighted by molar-refractivity contribution is -0.0997. The molecule has 0 amide bonds. The molecule has 0 spiro atoms.